The molecule has 0 bridgehead atoms. The Balaban J connectivity index is 3.49. The van der Waals surface area contributed by atoms with Crippen molar-refractivity contribution in [3.05, 3.63) is 28.6 Å². The van der Waals surface area contributed by atoms with E-state index in [1.165, 1.54) is 0 Å². The predicted molar refractivity (Wildman–Crippen MR) is 48.9 cm³/mol. The quantitative estimate of drug-likeness (QED) is 0.592. The largest absolute Gasteiger partial charge is 0.296 e. The van der Waals surface area contributed by atoms with Crippen LogP contribution in [0.2, 0.25) is 0 Å². The molecule has 0 spiro atoms. The van der Waals surface area contributed by atoms with Gasteiger partial charge in [0.2, 0.25) is 0 Å². The molecule has 0 saturated heterocycles. The van der Waals surface area contributed by atoms with Gasteiger partial charge in [-0.3, -0.25) is 9.78 Å². The average molecular weight is 231 g/mol. The molecule has 0 aromatic carbocycles. The molecule has 0 unspecified atom stereocenters. The van der Waals surface area contributed by atoms with E-state index in [0.29, 0.717) is 6.29 Å². The molecule has 1 rings (SSSR count). The molecule has 3 nitrogen and oxygen atoms in total. The average Bonchev–Trinajstić information content (AvgIpc) is 2.26. The molecule has 0 amide bonds. The molecule has 0 saturated carbocycles. The Morgan fingerprint density at radius 1 is 1.67 bits per heavy atom. The summed E-state index contributed by atoms with van der Waals surface area (Å²) in [4.78, 5) is 14.0. The van der Waals surface area contributed by atoms with Crippen molar-refractivity contribution in [2.24, 2.45) is 0 Å². The fourth-order valence-electron chi connectivity index (χ4n) is 1.12. The molecule has 0 fully saturated rings. The first-order chi connectivity index (χ1) is 7.15. The maximum absolute atomic E-state index is 12.4. The van der Waals surface area contributed by atoms with Gasteiger partial charge in [0, 0.05) is 11.8 Å². The highest BCUT2D eigenvalue weighted by molar-refractivity contribution is 6.17. The van der Waals surface area contributed by atoms with Gasteiger partial charge in [0.1, 0.15) is 11.8 Å². The van der Waals surface area contributed by atoms with E-state index in [1.807, 2.05) is 0 Å². The second-order valence-corrected chi connectivity index (χ2v) is 2.88. The molecule has 0 aliphatic rings. The topological polar surface area (TPSA) is 53.8 Å². The maximum Gasteiger partial charge on any atom is 0.266 e. The lowest BCUT2D eigenvalue weighted by atomic mass is 10.0. The summed E-state index contributed by atoms with van der Waals surface area (Å²) in [6.45, 7) is 0. The Hall–Kier alpha value is -1.54. The van der Waals surface area contributed by atoms with Crippen molar-refractivity contribution in [2.45, 2.75) is 12.3 Å². The van der Waals surface area contributed by atoms with Crippen molar-refractivity contribution < 1.29 is 13.6 Å². The van der Waals surface area contributed by atoms with Crippen LogP contribution in [0.4, 0.5) is 8.78 Å². The molecule has 78 valence electrons. The third-order valence-corrected chi connectivity index (χ3v) is 2.10. The van der Waals surface area contributed by atoms with Crippen LogP contribution in [0, 0.1) is 11.3 Å². The molecular weight excluding hydrogens is 226 g/mol. The van der Waals surface area contributed by atoms with Gasteiger partial charge < -0.3 is 0 Å². The molecule has 15 heavy (non-hydrogen) atoms. The molecule has 1 heterocycles. The molecule has 0 N–H and O–H groups in total. The summed E-state index contributed by atoms with van der Waals surface area (Å²) in [5.74, 6) is -0.204. The Labute approximate surface area is 89.3 Å². The van der Waals surface area contributed by atoms with Gasteiger partial charge >= 0.3 is 0 Å². The zero-order valence-electron chi connectivity index (χ0n) is 7.38. The summed E-state index contributed by atoms with van der Waals surface area (Å²) >= 11 is 5.48. The minimum Gasteiger partial charge on any atom is -0.296 e. The molecule has 6 heteroatoms. The van der Waals surface area contributed by atoms with Gasteiger partial charge in [0.05, 0.1) is 17.0 Å². The van der Waals surface area contributed by atoms with E-state index in [9.17, 15) is 13.6 Å². The second kappa shape index (κ2) is 4.80. The van der Waals surface area contributed by atoms with Gasteiger partial charge in [0.15, 0.2) is 6.29 Å². The first-order valence-corrected chi connectivity index (χ1v) is 4.40. The number of nitrogens with zero attached hydrogens (tertiary/aromatic N) is 2. The van der Waals surface area contributed by atoms with E-state index in [-0.39, 0.29) is 22.7 Å². The standard InChI is InChI=1S/C9H5ClF2N2O/c10-1-5-6(2-13)7(9(11)12)3-14-8(5)4-15/h3-4,9H,1H2. The third kappa shape index (κ3) is 2.10. The molecule has 0 aliphatic carbocycles. The van der Waals surface area contributed by atoms with E-state index < -0.39 is 12.0 Å². The number of aromatic nitrogens is 1. The SMILES string of the molecule is N#Cc1c(C(F)F)cnc(C=O)c1CCl. The minimum atomic E-state index is -2.81. The molecule has 0 aliphatic heterocycles. The van der Waals surface area contributed by atoms with Crippen molar-refractivity contribution in [2.75, 3.05) is 0 Å². The van der Waals surface area contributed by atoms with Gasteiger partial charge in [0.25, 0.3) is 6.43 Å². The Kier molecular flexibility index (Phi) is 3.69. The predicted octanol–water partition coefficient (Wildman–Crippen LogP) is 2.44. The molecule has 1 aromatic heterocycles. The Morgan fingerprint density at radius 2 is 2.33 bits per heavy atom. The molecular formula is C9H5ClF2N2O. The highest BCUT2D eigenvalue weighted by Crippen LogP contribution is 2.26. The normalized spacial score (nSPS) is 10.1. The zero-order valence-corrected chi connectivity index (χ0v) is 8.13. The van der Waals surface area contributed by atoms with E-state index in [2.05, 4.69) is 4.98 Å². The van der Waals surface area contributed by atoms with Crippen molar-refractivity contribution in [1.82, 2.24) is 4.98 Å². The van der Waals surface area contributed by atoms with Crippen LogP contribution >= 0.6 is 11.6 Å². The summed E-state index contributed by atoms with van der Waals surface area (Å²) in [5, 5.41) is 8.71. The highest BCUT2D eigenvalue weighted by atomic mass is 35.5. The van der Waals surface area contributed by atoms with E-state index in [0.717, 1.165) is 6.20 Å². The number of carbonyl (C=O) groups excluding carboxylic acids is 1. The van der Waals surface area contributed by atoms with E-state index >= 15 is 0 Å². The lowest BCUT2D eigenvalue weighted by molar-refractivity contribution is 0.111. The first kappa shape index (κ1) is 11.5. The van der Waals surface area contributed by atoms with Gasteiger partial charge in [-0.15, -0.1) is 11.6 Å². The second-order valence-electron chi connectivity index (χ2n) is 2.62. The number of hydrogen-bond acceptors (Lipinski definition) is 3. The number of alkyl halides is 3. The molecule has 0 atom stereocenters. The van der Waals surface area contributed by atoms with Crippen LogP contribution < -0.4 is 0 Å². The summed E-state index contributed by atoms with van der Waals surface area (Å²) in [6, 6.07) is 1.61. The van der Waals surface area contributed by atoms with E-state index in [4.69, 9.17) is 16.9 Å². The van der Waals surface area contributed by atoms with Crippen molar-refractivity contribution >= 4 is 17.9 Å². The van der Waals surface area contributed by atoms with Gasteiger partial charge in [-0.1, -0.05) is 0 Å². The lowest BCUT2D eigenvalue weighted by Crippen LogP contribution is -2.03. The zero-order chi connectivity index (χ0) is 11.4. The van der Waals surface area contributed by atoms with Crippen LogP contribution in [0.3, 0.4) is 0 Å². The fraction of sp³-hybridized carbons (Fsp3) is 0.222. The van der Waals surface area contributed by atoms with Gasteiger partial charge in [-0.05, 0) is 0 Å². The van der Waals surface area contributed by atoms with Crippen LogP contribution in [-0.2, 0) is 5.88 Å². The van der Waals surface area contributed by atoms with Gasteiger partial charge in [-0.25, -0.2) is 8.78 Å². The van der Waals surface area contributed by atoms with Crippen molar-refractivity contribution in [3.8, 4) is 6.07 Å². The molecule has 0 radical (unpaired) electrons. The number of rotatable bonds is 3. The van der Waals surface area contributed by atoms with Crippen molar-refractivity contribution in [1.29, 1.82) is 5.26 Å². The smallest absolute Gasteiger partial charge is 0.266 e. The number of hydrogen-bond donors (Lipinski definition) is 0. The Morgan fingerprint density at radius 3 is 2.73 bits per heavy atom. The van der Waals surface area contributed by atoms with Crippen LogP contribution in [0.5, 0.6) is 0 Å². The summed E-state index contributed by atoms with van der Waals surface area (Å²) in [6.07, 6.45) is -1.61. The number of aldehydes is 1. The molecule has 1 aromatic rings. The first-order valence-electron chi connectivity index (χ1n) is 3.86. The number of halogens is 3. The fourth-order valence-corrected chi connectivity index (χ4v) is 1.39. The van der Waals surface area contributed by atoms with Crippen LogP contribution in [0.25, 0.3) is 0 Å². The van der Waals surface area contributed by atoms with Crippen LogP contribution in [0.1, 0.15) is 33.6 Å². The highest BCUT2D eigenvalue weighted by Gasteiger charge is 2.19. The van der Waals surface area contributed by atoms with E-state index in [1.54, 1.807) is 6.07 Å². The van der Waals surface area contributed by atoms with Crippen molar-refractivity contribution in [3.63, 3.8) is 0 Å². The monoisotopic (exact) mass is 230 g/mol. The number of pyridine rings is 1. The Bertz CT molecular complexity index is 429. The minimum absolute atomic E-state index is 0.0481. The number of nitriles is 1. The maximum atomic E-state index is 12.4. The lowest BCUT2D eigenvalue weighted by Gasteiger charge is -2.07. The summed E-state index contributed by atoms with van der Waals surface area (Å²) < 4.78 is 24.9. The number of carbonyl (C=O) groups is 1. The van der Waals surface area contributed by atoms with Crippen LogP contribution in [0.15, 0.2) is 6.20 Å². The van der Waals surface area contributed by atoms with Crippen LogP contribution in [-0.4, -0.2) is 11.3 Å². The summed E-state index contributed by atoms with van der Waals surface area (Å²) in [5.41, 5.74) is -0.797. The van der Waals surface area contributed by atoms with Gasteiger partial charge in [-0.2, -0.15) is 5.26 Å². The summed E-state index contributed by atoms with van der Waals surface area (Å²) in [7, 11) is 0. The third-order valence-electron chi connectivity index (χ3n) is 1.83.